The van der Waals surface area contributed by atoms with Gasteiger partial charge >= 0.3 is 0 Å². The molecule has 1 heterocycles. The Morgan fingerprint density at radius 1 is 0.833 bits per heavy atom. The summed E-state index contributed by atoms with van der Waals surface area (Å²) in [6, 6.07) is 21.6. The van der Waals surface area contributed by atoms with Crippen molar-refractivity contribution < 1.29 is 9.53 Å². The van der Waals surface area contributed by atoms with Crippen molar-refractivity contribution in [2.24, 2.45) is 0 Å². The summed E-state index contributed by atoms with van der Waals surface area (Å²) in [5.41, 5.74) is 4.47. The van der Waals surface area contributed by atoms with E-state index in [1.807, 2.05) is 66.7 Å². The number of benzene rings is 3. The van der Waals surface area contributed by atoms with Crippen molar-refractivity contribution >= 4 is 28.1 Å². The van der Waals surface area contributed by atoms with Crippen LogP contribution < -0.4 is 4.74 Å². The first-order valence-electron chi connectivity index (χ1n) is 7.72. The molecule has 116 valence electrons. The molecule has 0 aliphatic carbocycles. The Morgan fingerprint density at radius 2 is 1.54 bits per heavy atom. The van der Waals surface area contributed by atoms with Crippen LogP contribution >= 0.6 is 0 Å². The number of fused-ring (bicyclic) bond motifs is 2. The van der Waals surface area contributed by atoms with Crippen molar-refractivity contribution in [2.45, 2.75) is 0 Å². The second-order valence-electron chi connectivity index (χ2n) is 5.62. The van der Waals surface area contributed by atoms with Crippen molar-refractivity contribution in [1.82, 2.24) is 4.98 Å². The van der Waals surface area contributed by atoms with E-state index in [9.17, 15) is 4.79 Å². The van der Waals surface area contributed by atoms with Gasteiger partial charge in [0.05, 0.1) is 18.1 Å². The molecule has 0 atom stereocenters. The number of hydrogen-bond acceptors (Lipinski definition) is 3. The third kappa shape index (κ3) is 2.31. The van der Waals surface area contributed by atoms with Crippen LogP contribution in [0.2, 0.25) is 0 Å². The smallest absolute Gasteiger partial charge is 0.151 e. The molecule has 4 aromatic rings. The Labute approximate surface area is 139 Å². The van der Waals surface area contributed by atoms with E-state index in [2.05, 4.69) is 4.98 Å². The van der Waals surface area contributed by atoms with Crippen molar-refractivity contribution in [2.75, 3.05) is 7.11 Å². The highest BCUT2D eigenvalue weighted by molar-refractivity contribution is 6.10. The molecule has 0 N–H and O–H groups in total. The number of para-hydroxylation sites is 1. The number of ether oxygens (including phenoxy) is 1. The first-order chi connectivity index (χ1) is 11.8. The molecular formula is C21H15NO2. The fourth-order valence-corrected chi connectivity index (χ4v) is 3.01. The summed E-state index contributed by atoms with van der Waals surface area (Å²) in [7, 11) is 1.65. The van der Waals surface area contributed by atoms with Gasteiger partial charge in [-0.25, -0.2) is 4.98 Å². The van der Waals surface area contributed by atoms with Crippen molar-refractivity contribution in [1.29, 1.82) is 0 Å². The summed E-state index contributed by atoms with van der Waals surface area (Å²) >= 11 is 0. The van der Waals surface area contributed by atoms with Crippen LogP contribution in [0.25, 0.3) is 32.9 Å². The third-order valence-corrected chi connectivity index (χ3v) is 4.26. The molecule has 0 fully saturated rings. The molecular weight excluding hydrogens is 298 g/mol. The lowest BCUT2D eigenvalue weighted by Gasteiger charge is -2.09. The minimum atomic E-state index is 0.686. The molecule has 0 aliphatic rings. The predicted octanol–water partition coefficient (Wildman–Crippen LogP) is 4.88. The van der Waals surface area contributed by atoms with Gasteiger partial charge in [-0.1, -0.05) is 36.4 Å². The minimum absolute atomic E-state index is 0.686. The van der Waals surface area contributed by atoms with Gasteiger partial charge < -0.3 is 4.74 Å². The van der Waals surface area contributed by atoms with Gasteiger partial charge in [-0.05, 0) is 41.5 Å². The zero-order chi connectivity index (χ0) is 16.5. The van der Waals surface area contributed by atoms with E-state index >= 15 is 0 Å². The summed E-state index contributed by atoms with van der Waals surface area (Å²) in [4.78, 5) is 16.4. The monoisotopic (exact) mass is 313 g/mol. The van der Waals surface area contributed by atoms with E-state index in [0.29, 0.717) is 5.56 Å². The Kier molecular flexibility index (Phi) is 3.47. The lowest BCUT2D eigenvalue weighted by atomic mass is 9.98. The number of aldehydes is 1. The Bertz CT molecular complexity index is 1050. The lowest BCUT2D eigenvalue weighted by Crippen LogP contribution is -1.91. The van der Waals surface area contributed by atoms with Crippen LogP contribution in [0.5, 0.6) is 5.75 Å². The van der Waals surface area contributed by atoms with Gasteiger partial charge in [0.15, 0.2) is 6.29 Å². The van der Waals surface area contributed by atoms with Gasteiger partial charge in [-0.3, -0.25) is 4.79 Å². The highest BCUT2D eigenvalue weighted by Crippen LogP contribution is 2.30. The highest BCUT2D eigenvalue weighted by Gasteiger charge is 2.09. The molecule has 4 rings (SSSR count). The van der Waals surface area contributed by atoms with Crippen LogP contribution in [-0.4, -0.2) is 18.4 Å². The predicted molar refractivity (Wildman–Crippen MR) is 96.6 cm³/mol. The lowest BCUT2D eigenvalue weighted by molar-refractivity contribution is 0.112. The van der Waals surface area contributed by atoms with Gasteiger partial charge in [-0.2, -0.15) is 0 Å². The topological polar surface area (TPSA) is 39.2 Å². The molecule has 0 bridgehead atoms. The summed E-state index contributed by atoms with van der Waals surface area (Å²) in [6.07, 6.45) is 0.921. The number of hydrogen-bond donors (Lipinski definition) is 0. The molecule has 3 heteroatoms. The molecule has 0 amide bonds. The van der Waals surface area contributed by atoms with Gasteiger partial charge in [0, 0.05) is 16.3 Å². The Hall–Kier alpha value is -3.20. The molecule has 0 spiro atoms. The van der Waals surface area contributed by atoms with Crippen LogP contribution in [0.3, 0.4) is 0 Å². The van der Waals surface area contributed by atoms with Crippen molar-refractivity contribution in [3.63, 3.8) is 0 Å². The van der Waals surface area contributed by atoms with E-state index in [1.54, 1.807) is 7.11 Å². The second-order valence-corrected chi connectivity index (χ2v) is 5.62. The maximum atomic E-state index is 11.7. The second kappa shape index (κ2) is 5.78. The van der Waals surface area contributed by atoms with Crippen LogP contribution in [0.4, 0.5) is 0 Å². The molecule has 24 heavy (non-hydrogen) atoms. The van der Waals surface area contributed by atoms with Crippen LogP contribution in [-0.2, 0) is 0 Å². The van der Waals surface area contributed by atoms with Gasteiger partial charge in [0.25, 0.3) is 0 Å². The molecule has 0 unspecified atom stereocenters. The first-order valence-corrected chi connectivity index (χ1v) is 7.72. The van der Waals surface area contributed by atoms with Crippen LogP contribution in [0.1, 0.15) is 10.4 Å². The van der Waals surface area contributed by atoms with E-state index < -0.39 is 0 Å². The molecule has 0 aliphatic heterocycles. The van der Waals surface area contributed by atoms with Crippen molar-refractivity contribution in [3.8, 4) is 16.9 Å². The number of methoxy groups -OCH3 is 1. The minimum Gasteiger partial charge on any atom is -0.497 e. The van der Waals surface area contributed by atoms with E-state index in [1.165, 1.54) is 0 Å². The maximum absolute atomic E-state index is 11.7. The average Bonchev–Trinajstić information content (AvgIpc) is 2.65. The summed E-state index contributed by atoms with van der Waals surface area (Å²) in [6.45, 7) is 0. The number of carbonyl (C=O) groups excluding carboxylic acids is 1. The SMILES string of the molecule is COc1ccc(-c2ccc3nc4ccccc4c(C=O)c3c2)cc1. The zero-order valence-corrected chi connectivity index (χ0v) is 13.2. The largest absolute Gasteiger partial charge is 0.497 e. The maximum Gasteiger partial charge on any atom is 0.151 e. The number of aromatic nitrogens is 1. The third-order valence-electron chi connectivity index (χ3n) is 4.26. The Balaban J connectivity index is 1.96. The number of carbonyl (C=O) groups is 1. The fraction of sp³-hybridized carbons (Fsp3) is 0.0476. The molecule has 3 nitrogen and oxygen atoms in total. The first kappa shape index (κ1) is 14.4. The fourth-order valence-electron chi connectivity index (χ4n) is 3.01. The van der Waals surface area contributed by atoms with E-state index in [4.69, 9.17) is 4.74 Å². The summed E-state index contributed by atoms with van der Waals surface area (Å²) in [5.74, 6) is 0.820. The quantitative estimate of drug-likeness (QED) is 0.400. The number of nitrogens with zero attached hydrogens (tertiary/aromatic N) is 1. The standard InChI is InChI=1S/C21H15NO2/c1-24-16-9-6-14(7-10-16)15-8-11-21-18(12-15)19(13-23)17-4-2-3-5-20(17)22-21/h2-13H,1H3. The van der Waals surface area contributed by atoms with E-state index in [-0.39, 0.29) is 0 Å². The van der Waals surface area contributed by atoms with Gasteiger partial charge in [0.1, 0.15) is 5.75 Å². The summed E-state index contributed by atoms with van der Waals surface area (Å²) < 4.78 is 5.20. The van der Waals surface area contributed by atoms with Gasteiger partial charge in [-0.15, -0.1) is 0 Å². The van der Waals surface area contributed by atoms with Crippen LogP contribution in [0, 0.1) is 0 Å². The number of pyridine rings is 1. The molecule has 0 saturated heterocycles. The van der Waals surface area contributed by atoms with Gasteiger partial charge in [0.2, 0.25) is 0 Å². The number of rotatable bonds is 3. The highest BCUT2D eigenvalue weighted by atomic mass is 16.5. The molecule has 3 aromatic carbocycles. The van der Waals surface area contributed by atoms with E-state index in [0.717, 1.165) is 45.0 Å². The Morgan fingerprint density at radius 3 is 2.29 bits per heavy atom. The zero-order valence-electron chi connectivity index (χ0n) is 13.2. The molecule has 1 aromatic heterocycles. The molecule has 0 radical (unpaired) electrons. The molecule has 0 saturated carbocycles. The normalized spacial score (nSPS) is 10.9. The average molecular weight is 313 g/mol. The van der Waals surface area contributed by atoms with Crippen LogP contribution in [0.15, 0.2) is 66.7 Å². The summed E-state index contributed by atoms with van der Waals surface area (Å²) in [5, 5.41) is 1.75. The van der Waals surface area contributed by atoms with Crippen molar-refractivity contribution in [3.05, 3.63) is 72.3 Å².